The van der Waals surface area contributed by atoms with Crippen LogP contribution in [0.5, 0.6) is 0 Å². The van der Waals surface area contributed by atoms with Crippen LogP contribution in [0.3, 0.4) is 0 Å². The molecule has 0 amide bonds. The van der Waals surface area contributed by atoms with Crippen LogP contribution in [0, 0.1) is 0 Å². The number of hydrogen-bond acceptors (Lipinski definition) is 10. The molecule has 12 heteroatoms. The summed E-state index contributed by atoms with van der Waals surface area (Å²) in [4.78, 5) is 44.8. The summed E-state index contributed by atoms with van der Waals surface area (Å²) >= 11 is 0. The van der Waals surface area contributed by atoms with Crippen LogP contribution in [0.25, 0.3) is 78.8 Å². The molecule has 12 aromatic rings. The fraction of sp³-hybridized carbons (Fsp3) is 0.0606. The van der Waals surface area contributed by atoms with Gasteiger partial charge in [0.1, 0.15) is 21.8 Å². The molecule has 0 atom stereocenters. The molecule has 2 aliphatic heterocycles. The molecule has 372 valence electrons. The molecule has 0 saturated carbocycles. The molecule has 6 aromatic carbocycles. The predicted molar refractivity (Wildman–Crippen MR) is 322 cm³/mol. The van der Waals surface area contributed by atoms with Crippen LogP contribution in [-0.2, 0) is 0 Å². The summed E-state index contributed by atoms with van der Waals surface area (Å²) in [5.41, 5.74) is 14.5. The third-order valence-corrected chi connectivity index (χ3v) is 22.6. The molecule has 0 bridgehead atoms. The monoisotopic (exact) mass is 1040 g/mol. The average Bonchev–Trinajstić information content (AvgIpc) is 3.68. The lowest BCUT2D eigenvalue weighted by Crippen LogP contribution is -2.58. The zero-order valence-corrected chi connectivity index (χ0v) is 45.4. The zero-order valence-electron chi connectivity index (χ0n) is 43.4. The molecular weight excluding hydrogens is 989 g/mol. The van der Waals surface area contributed by atoms with Crippen LogP contribution in [0.1, 0.15) is 0 Å². The van der Waals surface area contributed by atoms with Crippen LogP contribution in [0.2, 0.25) is 26.2 Å². The Hall–Kier alpha value is -9.63. The number of nitrogens with zero attached hydrogens (tertiary/aromatic N) is 10. The highest BCUT2D eigenvalue weighted by molar-refractivity contribution is 7.03. The van der Waals surface area contributed by atoms with Gasteiger partial charge in [-0.25, -0.2) is 19.9 Å². The molecule has 8 heterocycles. The summed E-state index contributed by atoms with van der Waals surface area (Å²) in [5.74, 6) is 1.08. The highest BCUT2D eigenvalue weighted by atomic mass is 28.3. The summed E-state index contributed by atoms with van der Waals surface area (Å²) in [6.07, 6.45) is 10.8. The Kier molecular flexibility index (Phi) is 11.2. The van der Waals surface area contributed by atoms with Crippen molar-refractivity contribution in [2.75, 3.05) is 9.80 Å². The number of para-hydroxylation sites is 4. The van der Waals surface area contributed by atoms with E-state index in [2.05, 4.69) is 179 Å². The molecule has 0 radical (unpaired) electrons. The van der Waals surface area contributed by atoms with Crippen molar-refractivity contribution in [2.45, 2.75) is 26.2 Å². The molecule has 78 heavy (non-hydrogen) atoms. The Labute approximate surface area is 454 Å². The third-order valence-electron chi connectivity index (χ3n) is 15.5. The summed E-state index contributed by atoms with van der Waals surface area (Å²) in [7, 11) is -4.44. The molecular formula is C66H50N10Si2. The first-order valence-electron chi connectivity index (χ1n) is 26.2. The summed E-state index contributed by atoms with van der Waals surface area (Å²) in [6, 6.07) is 69.2. The number of aromatic nitrogens is 8. The van der Waals surface area contributed by atoms with E-state index in [1.165, 1.54) is 20.7 Å². The van der Waals surface area contributed by atoms with Gasteiger partial charge in [0.15, 0.2) is 11.6 Å². The van der Waals surface area contributed by atoms with Gasteiger partial charge in [-0.15, -0.1) is 0 Å². The topological polar surface area (TPSA) is 110 Å². The van der Waals surface area contributed by atoms with Gasteiger partial charge in [-0.1, -0.05) is 111 Å². The molecule has 14 rings (SSSR count). The van der Waals surface area contributed by atoms with Gasteiger partial charge >= 0.3 is 0 Å². The van der Waals surface area contributed by atoms with Crippen LogP contribution >= 0.6 is 0 Å². The maximum Gasteiger partial charge on any atom is 0.179 e. The van der Waals surface area contributed by atoms with Gasteiger partial charge in [0, 0.05) is 93.0 Å². The normalized spacial score (nSPS) is 13.8. The molecule has 0 fully saturated rings. The Morgan fingerprint density at radius 2 is 0.692 bits per heavy atom. The van der Waals surface area contributed by atoms with Gasteiger partial charge in [-0.05, 0) is 130 Å². The highest BCUT2D eigenvalue weighted by Crippen LogP contribution is 2.50. The first-order chi connectivity index (χ1) is 38.2. The van der Waals surface area contributed by atoms with Crippen LogP contribution in [0.4, 0.5) is 34.1 Å². The fourth-order valence-electron chi connectivity index (χ4n) is 11.7. The minimum atomic E-state index is -2.22. The van der Waals surface area contributed by atoms with E-state index >= 15 is 0 Å². The van der Waals surface area contributed by atoms with Gasteiger partial charge in [0.05, 0.1) is 39.8 Å². The number of anilines is 6. The number of rotatable bonds is 8. The maximum atomic E-state index is 5.45. The van der Waals surface area contributed by atoms with Crippen LogP contribution in [-0.4, -0.2) is 56.0 Å². The number of hydrogen-bond donors (Lipinski definition) is 0. The van der Waals surface area contributed by atoms with E-state index < -0.39 is 16.1 Å². The minimum absolute atomic E-state index is 0.522. The van der Waals surface area contributed by atoms with Crippen molar-refractivity contribution in [2.24, 2.45) is 0 Å². The molecule has 0 saturated heterocycles. The van der Waals surface area contributed by atoms with Crippen LogP contribution < -0.4 is 30.5 Å². The lowest BCUT2D eigenvalue weighted by Gasteiger charge is -2.42. The van der Waals surface area contributed by atoms with E-state index in [4.69, 9.17) is 29.9 Å². The third kappa shape index (κ3) is 7.83. The standard InChI is InChI=1S/C66H50N10Si2/c1-77(2)61-27-9-5-23-55(61)75(56-24-6-10-28-62(56)77)59-37-45(52-39-51(43-19-17-31-67-41-43)72-66(73-52)50-22-14-16-34-70-50)35-47-48(59)36-46(53-40-54(49-21-13-15-33-69-49)74-65(71-53)44-20-18-32-68-42-44)38-60(47)76-57-25-7-11-29-63(57)78(3,4)64-30-12-8-26-58(64)76/h5-42H,1-4H3. The molecule has 2 aliphatic rings. The summed E-state index contributed by atoms with van der Waals surface area (Å²) < 4.78 is 0. The minimum Gasteiger partial charge on any atom is -0.310 e. The Morgan fingerprint density at radius 1 is 0.295 bits per heavy atom. The fourth-order valence-corrected chi connectivity index (χ4v) is 17.7. The van der Waals surface area contributed by atoms with Gasteiger partial charge < -0.3 is 9.80 Å². The predicted octanol–water partition coefficient (Wildman–Crippen LogP) is 13.2. The van der Waals surface area contributed by atoms with Crippen molar-refractivity contribution < 1.29 is 0 Å². The lowest BCUT2D eigenvalue weighted by atomic mass is 9.94. The Balaban J connectivity index is 1.15. The number of pyridine rings is 4. The second-order valence-electron chi connectivity index (χ2n) is 20.9. The van der Waals surface area contributed by atoms with Crippen molar-refractivity contribution >= 4 is 81.8 Å². The van der Waals surface area contributed by atoms with Crippen molar-refractivity contribution in [1.29, 1.82) is 0 Å². The Morgan fingerprint density at radius 3 is 1.14 bits per heavy atom. The van der Waals surface area contributed by atoms with Gasteiger partial charge in [0.2, 0.25) is 0 Å². The van der Waals surface area contributed by atoms with Gasteiger partial charge in [-0.2, -0.15) is 0 Å². The SMILES string of the molecule is C[Si]1(C)c2ccccc2N(c2cc(-c3cc(-c4cccnc4)nc(-c4ccccn4)n3)cc3c(N4c5ccccc5[Si](C)(C)c5ccccc54)cc(-c4cc(-c5ccccn5)nc(-c5cccnc5)n4)cc23)c2ccccc21. The van der Waals surface area contributed by atoms with Crippen molar-refractivity contribution in [1.82, 2.24) is 39.9 Å². The number of benzene rings is 6. The average molecular weight is 1040 g/mol. The Bertz CT molecular complexity index is 3800. The maximum absolute atomic E-state index is 5.45. The first kappa shape index (κ1) is 46.9. The van der Waals surface area contributed by atoms with E-state index in [0.29, 0.717) is 23.0 Å². The summed E-state index contributed by atoms with van der Waals surface area (Å²) in [6.45, 7) is 9.88. The van der Waals surface area contributed by atoms with E-state index in [0.717, 1.165) is 89.9 Å². The van der Waals surface area contributed by atoms with Crippen molar-refractivity contribution in [3.63, 3.8) is 0 Å². The number of fused-ring (bicyclic) bond motifs is 5. The second kappa shape index (κ2) is 18.6. The quantitative estimate of drug-likeness (QED) is 0.136. The molecule has 0 aliphatic carbocycles. The van der Waals surface area contributed by atoms with E-state index in [-0.39, 0.29) is 0 Å². The first-order valence-corrected chi connectivity index (χ1v) is 32.2. The molecule has 0 N–H and O–H groups in total. The van der Waals surface area contributed by atoms with E-state index in [1.54, 1.807) is 18.6 Å². The second-order valence-corrected chi connectivity index (χ2v) is 29.6. The van der Waals surface area contributed by atoms with Crippen molar-refractivity contribution in [3.05, 3.63) is 231 Å². The molecule has 10 nitrogen and oxygen atoms in total. The van der Waals surface area contributed by atoms with Crippen molar-refractivity contribution in [3.8, 4) is 68.1 Å². The summed E-state index contributed by atoms with van der Waals surface area (Å²) in [5, 5.41) is 7.50. The van der Waals surface area contributed by atoms with Gasteiger partial charge in [-0.3, -0.25) is 19.9 Å². The molecule has 0 unspecified atom stereocenters. The smallest absolute Gasteiger partial charge is 0.179 e. The highest BCUT2D eigenvalue weighted by Gasteiger charge is 2.41. The molecule has 6 aromatic heterocycles. The van der Waals surface area contributed by atoms with Gasteiger partial charge in [0.25, 0.3) is 0 Å². The largest absolute Gasteiger partial charge is 0.310 e. The molecule has 0 spiro atoms. The van der Waals surface area contributed by atoms with E-state index in [9.17, 15) is 0 Å². The lowest BCUT2D eigenvalue weighted by molar-refractivity contribution is 1.14. The zero-order chi connectivity index (χ0) is 52.5. The van der Waals surface area contributed by atoms with Crippen LogP contribution in [0.15, 0.2) is 231 Å². The van der Waals surface area contributed by atoms with E-state index in [1.807, 2.05) is 79.3 Å².